The van der Waals surface area contributed by atoms with Gasteiger partial charge in [0.25, 0.3) is 0 Å². The molecule has 0 radical (unpaired) electrons. The van der Waals surface area contributed by atoms with Gasteiger partial charge in [0.05, 0.1) is 13.7 Å². The molecule has 3 heterocycles. The lowest BCUT2D eigenvalue weighted by atomic mass is 10.1. The van der Waals surface area contributed by atoms with Crippen molar-refractivity contribution in [1.82, 2.24) is 20.4 Å². The molecule has 3 fully saturated rings. The summed E-state index contributed by atoms with van der Waals surface area (Å²) in [6.45, 7) is 12.8. The number of benzene rings is 1. The van der Waals surface area contributed by atoms with Crippen LogP contribution in [0.15, 0.2) is 23.2 Å². The molecule has 3 aliphatic rings. The number of guanidine groups is 1. The second kappa shape index (κ2) is 11.1. The maximum absolute atomic E-state index is 5.48. The molecule has 1 unspecified atom stereocenters. The van der Waals surface area contributed by atoms with Gasteiger partial charge >= 0.3 is 0 Å². The van der Waals surface area contributed by atoms with Gasteiger partial charge in [-0.25, -0.2) is 0 Å². The van der Waals surface area contributed by atoms with E-state index >= 15 is 0 Å². The molecule has 7 heteroatoms. The predicted octanol–water partition coefficient (Wildman–Crippen LogP) is 1.72. The summed E-state index contributed by atoms with van der Waals surface area (Å²) >= 11 is 0. The predicted molar refractivity (Wildman–Crippen MR) is 123 cm³/mol. The summed E-state index contributed by atoms with van der Waals surface area (Å²) in [5.74, 6) is 1.87. The van der Waals surface area contributed by atoms with Gasteiger partial charge in [-0.15, -0.1) is 24.0 Å². The van der Waals surface area contributed by atoms with Gasteiger partial charge in [0.15, 0.2) is 5.96 Å². The number of hydrogen-bond acceptors (Lipinski definition) is 4. The molecule has 0 amide bonds. The lowest BCUT2D eigenvalue weighted by Crippen LogP contribution is -2.62. The highest BCUT2D eigenvalue weighted by Gasteiger charge is 2.31. The van der Waals surface area contributed by atoms with Gasteiger partial charge in [0.1, 0.15) is 5.75 Å². The number of aliphatic imine (C=N–C) groups is 1. The van der Waals surface area contributed by atoms with Gasteiger partial charge in [0, 0.05) is 51.9 Å². The number of aryl methyl sites for hydroxylation is 1. The Labute approximate surface area is 180 Å². The Morgan fingerprint density at radius 3 is 2.63 bits per heavy atom. The maximum Gasteiger partial charge on any atom is 0.191 e. The fourth-order valence-electron chi connectivity index (χ4n) is 3.85. The van der Waals surface area contributed by atoms with Gasteiger partial charge in [-0.05, 0) is 31.9 Å². The number of ether oxygens (including phenoxy) is 1. The lowest BCUT2D eigenvalue weighted by molar-refractivity contribution is 0.0174. The highest BCUT2D eigenvalue weighted by atomic mass is 127. The van der Waals surface area contributed by atoms with E-state index in [-0.39, 0.29) is 24.0 Å². The molecule has 2 N–H and O–H groups in total. The van der Waals surface area contributed by atoms with Crippen LogP contribution in [0.4, 0.5) is 0 Å². The zero-order valence-corrected chi connectivity index (χ0v) is 19.2. The summed E-state index contributed by atoms with van der Waals surface area (Å²) in [5, 5.41) is 6.84. The molecule has 1 aromatic rings. The van der Waals surface area contributed by atoms with E-state index < -0.39 is 0 Å². The second-order valence-electron chi connectivity index (χ2n) is 7.20. The number of hydrogen-bond donors (Lipinski definition) is 2. The summed E-state index contributed by atoms with van der Waals surface area (Å²) in [7, 11) is 1.73. The monoisotopic (exact) mass is 487 g/mol. The van der Waals surface area contributed by atoms with E-state index in [1.165, 1.54) is 37.3 Å². The molecule has 2 bridgehead atoms. The molecule has 0 aliphatic carbocycles. The van der Waals surface area contributed by atoms with Crippen LogP contribution in [0.1, 0.15) is 18.1 Å². The quantitative estimate of drug-likeness (QED) is 0.349. The van der Waals surface area contributed by atoms with E-state index in [4.69, 9.17) is 9.73 Å². The molecular weight excluding hydrogens is 453 g/mol. The Hall–Kier alpha value is -1.06. The van der Waals surface area contributed by atoms with Crippen LogP contribution in [0.2, 0.25) is 0 Å². The van der Waals surface area contributed by atoms with Crippen molar-refractivity contribution < 1.29 is 4.74 Å². The highest BCUT2D eigenvalue weighted by Crippen LogP contribution is 2.19. The molecule has 4 rings (SSSR count). The molecule has 3 saturated heterocycles. The number of fused-ring (bicyclic) bond motifs is 3. The third-order valence-electron chi connectivity index (χ3n) is 5.32. The van der Waals surface area contributed by atoms with Crippen molar-refractivity contribution in [3.63, 3.8) is 0 Å². The van der Waals surface area contributed by atoms with Crippen molar-refractivity contribution in [2.24, 2.45) is 4.99 Å². The number of nitrogens with one attached hydrogen (secondary N) is 2. The summed E-state index contributed by atoms with van der Waals surface area (Å²) in [5.41, 5.74) is 2.50. The van der Waals surface area contributed by atoms with Crippen LogP contribution >= 0.6 is 24.0 Å². The molecular formula is C20H34IN5O. The van der Waals surface area contributed by atoms with E-state index in [1.54, 1.807) is 7.11 Å². The normalized spacial score (nSPS) is 24.3. The second-order valence-corrected chi connectivity index (χ2v) is 7.20. The van der Waals surface area contributed by atoms with Crippen LogP contribution in [0.25, 0.3) is 0 Å². The van der Waals surface area contributed by atoms with Gasteiger partial charge in [-0.2, -0.15) is 0 Å². The van der Waals surface area contributed by atoms with E-state index in [0.29, 0.717) is 6.04 Å². The van der Waals surface area contributed by atoms with Crippen molar-refractivity contribution in [1.29, 1.82) is 0 Å². The molecule has 1 atom stereocenters. The van der Waals surface area contributed by atoms with Gasteiger partial charge in [0.2, 0.25) is 0 Å². The zero-order chi connectivity index (χ0) is 18.4. The fraction of sp³-hybridized carbons (Fsp3) is 0.650. The minimum atomic E-state index is 0. The number of nitrogens with zero attached hydrogens (tertiary/aromatic N) is 3. The van der Waals surface area contributed by atoms with Crippen molar-refractivity contribution in [3.05, 3.63) is 29.3 Å². The Morgan fingerprint density at radius 1 is 1.22 bits per heavy atom. The van der Waals surface area contributed by atoms with Crippen LogP contribution in [0.5, 0.6) is 5.75 Å². The standard InChI is InChI=1S/C20H33N5O.HI/c1-4-21-20(23-14-18-15-24-9-11-25(18)12-10-24)22-8-7-17-13-16(2)5-6-19(17)26-3;/h5-6,13,18H,4,7-12,14-15H2,1-3H3,(H2,21,22,23);1H. The molecule has 152 valence electrons. The lowest BCUT2D eigenvalue weighted by Gasteiger charge is -2.47. The third kappa shape index (κ3) is 6.22. The summed E-state index contributed by atoms with van der Waals surface area (Å²) in [4.78, 5) is 9.99. The Balaban J connectivity index is 0.00000261. The minimum Gasteiger partial charge on any atom is -0.496 e. The van der Waals surface area contributed by atoms with Crippen LogP contribution < -0.4 is 15.4 Å². The van der Waals surface area contributed by atoms with Crippen molar-refractivity contribution >= 4 is 29.9 Å². The molecule has 3 aliphatic heterocycles. The van der Waals surface area contributed by atoms with Crippen LogP contribution in [0, 0.1) is 6.92 Å². The van der Waals surface area contributed by atoms with Crippen LogP contribution in [-0.4, -0.2) is 81.3 Å². The average molecular weight is 487 g/mol. The van der Waals surface area contributed by atoms with Crippen molar-refractivity contribution in [3.8, 4) is 5.75 Å². The molecule has 6 nitrogen and oxygen atoms in total. The first-order chi connectivity index (χ1) is 12.7. The maximum atomic E-state index is 5.48. The Bertz CT molecular complexity index is 616. The zero-order valence-electron chi connectivity index (χ0n) is 16.8. The Kier molecular flexibility index (Phi) is 9.11. The first-order valence-corrected chi connectivity index (χ1v) is 9.81. The van der Waals surface area contributed by atoms with E-state index in [9.17, 15) is 0 Å². The first-order valence-electron chi connectivity index (χ1n) is 9.81. The van der Waals surface area contributed by atoms with Crippen LogP contribution in [-0.2, 0) is 6.42 Å². The van der Waals surface area contributed by atoms with Crippen molar-refractivity contribution in [2.45, 2.75) is 26.3 Å². The largest absolute Gasteiger partial charge is 0.496 e. The van der Waals surface area contributed by atoms with Gasteiger partial charge in [-0.3, -0.25) is 14.8 Å². The average Bonchev–Trinajstić information content (AvgIpc) is 2.67. The SMILES string of the molecule is CCNC(=NCC1CN2CCN1CC2)NCCc1cc(C)ccc1OC.I. The van der Waals surface area contributed by atoms with Gasteiger partial charge in [-0.1, -0.05) is 17.7 Å². The van der Waals surface area contributed by atoms with E-state index in [2.05, 4.69) is 46.4 Å². The highest BCUT2D eigenvalue weighted by molar-refractivity contribution is 14.0. The smallest absolute Gasteiger partial charge is 0.191 e. The molecule has 0 saturated carbocycles. The van der Waals surface area contributed by atoms with Crippen molar-refractivity contribution in [2.75, 3.05) is 59.5 Å². The minimum absolute atomic E-state index is 0. The molecule has 0 aromatic heterocycles. The number of halogens is 1. The first kappa shape index (κ1) is 22.2. The topological polar surface area (TPSA) is 52.1 Å². The van der Waals surface area contributed by atoms with Gasteiger partial charge < -0.3 is 15.4 Å². The number of piperazine rings is 3. The van der Waals surface area contributed by atoms with E-state index in [1.807, 2.05) is 6.07 Å². The molecule has 0 spiro atoms. The fourth-order valence-corrected chi connectivity index (χ4v) is 3.85. The summed E-state index contributed by atoms with van der Waals surface area (Å²) in [6, 6.07) is 6.89. The Morgan fingerprint density at radius 2 is 2.00 bits per heavy atom. The van der Waals surface area contributed by atoms with E-state index in [0.717, 1.165) is 44.3 Å². The molecule has 1 aromatic carbocycles. The molecule has 27 heavy (non-hydrogen) atoms. The summed E-state index contributed by atoms with van der Waals surface area (Å²) < 4.78 is 5.48. The number of rotatable bonds is 7. The van der Waals surface area contributed by atoms with Crippen LogP contribution in [0.3, 0.4) is 0 Å². The number of methoxy groups -OCH3 is 1. The third-order valence-corrected chi connectivity index (χ3v) is 5.32. The summed E-state index contributed by atoms with van der Waals surface area (Å²) in [6.07, 6.45) is 0.915.